The Morgan fingerprint density at radius 1 is 1.00 bits per heavy atom. The van der Waals surface area contributed by atoms with Crippen LogP contribution in [0.15, 0.2) is 61.2 Å². The molecule has 0 amide bonds. The minimum absolute atomic E-state index is 0.451. The minimum atomic E-state index is 0.451. The minimum Gasteiger partial charge on any atom is -0.336 e. The zero-order valence-electron chi connectivity index (χ0n) is 14.1. The largest absolute Gasteiger partial charge is 0.336 e. The van der Waals surface area contributed by atoms with Crippen LogP contribution in [0.3, 0.4) is 0 Å². The first-order valence-electron chi connectivity index (χ1n) is 8.36. The molecule has 2 aromatic carbocycles. The zero-order chi connectivity index (χ0) is 18.4. The molecular formula is C20H19Cl3N2S. The van der Waals surface area contributed by atoms with Crippen molar-refractivity contribution < 1.29 is 0 Å². The van der Waals surface area contributed by atoms with Crippen LogP contribution in [0.2, 0.25) is 15.1 Å². The summed E-state index contributed by atoms with van der Waals surface area (Å²) >= 11 is 20.2. The molecule has 6 heteroatoms. The Kier molecular flexibility index (Phi) is 7.32. The molecule has 1 atom stereocenters. The van der Waals surface area contributed by atoms with E-state index < -0.39 is 0 Å². The molecule has 0 bridgehead atoms. The maximum Gasteiger partial charge on any atom is 0.0946 e. The van der Waals surface area contributed by atoms with Crippen LogP contribution in [0.5, 0.6) is 0 Å². The highest BCUT2D eigenvalue weighted by atomic mass is 35.5. The van der Waals surface area contributed by atoms with Gasteiger partial charge < -0.3 is 4.57 Å². The molecule has 0 aliphatic heterocycles. The van der Waals surface area contributed by atoms with Crippen molar-refractivity contribution in [2.75, 3.05) is 0 Å². The topological polar surface area (TPSA) is 17.8 Å². The first-order valence-corrected chi connectivity index (χ1v) is 10.5. The van der Waals surface area contributed by atoms with Gasteiger partial charge in [0.1, 0.15) is 0 Å². The summed E-state index contributed by atoms with van der Waals surface area (Å²) < 4.78 is 2.13. The Labute approximate surface area is 173 Å². The highest BCUT2D eigenvalue weighted by molar-refractivity contribution is 7.99. The van der Waals surface area contributed by atoms with Crippen molar-refractivity contribution in [3.05, 3.63) is 87.4 Å². The van der Waals surface area contributed by atoms with Crippen molar-refractivity contribution in [2.24, 2.45) is 0 Å². The number of aryl methyl sites for hydroxylation is 1. The van der Waals surface area contributed by atoms with Gasteiger partial charge in [0.15, 0.2) is 0 Å². The SMILES string of the molecule is Clc1ccc(CCC(Cn2ccnc2)SCc2ccc(Cl)cc2Cl)cc1. The lowest BCUT2D eigenvalue weighted by atomic mass is 10.1. The van der Waals surface area contributed by atoms with Crippen LogP contribution in [0, 0.1) is 0 Å². The number of rotatable bonds is 8. The fraction of sp³-hybridized carbons (Fsp3) is 0.250. The molecule has 26 heavy (non-hydrogen) atoms. The third-order valence-electron chi connectivity index (χ3n) is 4.13. The smallest absolute Gasteiger partial charge is 0.0946 e. The second-order valence-electron chi connectivity index (χ2n) is 6.09. The fourth-order valence-electron chi connectivity index (χ4n) is 2.68. The van der Waals surface area contributed by atoms with Gasteiger partial charge in [0.25, 0.3) is 0 Å². The molecule has 0 N–H and O–H groups in total. The van der Waals surface area contributed by atoms with Crippen molar-refractivity contribution in [2.45, 2.75) is 30.4 Å². The Bertz CT molecular complexity index is 820. The van der Waals surface area contributed by atoms with Crippen LogP contribution >= 0.6 is 46.6 Å². The molecule has 0 saturated carbocycles. The Morgan fingerprint density at radius 3 is 2.46 bits per heavy atom. The molecule has 1 heterocycles. The predicted octanol–water partition coefficient (Wildman–Crippen LogP) is 6.78. The van der Waals surface area contributed by atoms with Crippen molar-refractivity contribution in [3.8, 4) is 0 Å². The third-order valence-corrected chi connectivity index (χ3v) is 6.30. The van der Waals surface area contributed by atoms with Gasteiger partial charge in [-0.25, -0.2) is 4.98 Å². The van der Waals surface area contributed by atoms with Crippen molar-refractivity contribution in [3.63, 3.8) is 0 Å². The van der Waals surface area contributed by atoms with Gasteiger partial charge in [0.2, 0.25) is 0 Å². The number of nitrogens with zero attached hydrogens (tertiary/aromatic N) is 2. The molecule has 0 fully saturated rings. The summed E-state index contributed by atoms with van der Waals surface area (Å²) in [4.78, 5) is 4.15. The van der Waals surface area contributed by atoms with E-state index in [-0.39, 0.29) is 0 Å². The Morgan fingerprint density at radius 2 is 1.77 bits per heavy atom. The molecule has 3 aromatic rings. The first-order chi connectivity index (χ1) is 12.6. The van der Waals surface area contributed by atoms with E-state index in [1.807, 2.05) is 54.7 Å². The second kappa shape index (κ2) is 9.70. The molecule has 0 saturated heterocycles. The van der Waals surface area contributed by atoms with Crippen molar-refractivity contribution >= 4 is 46.6 Å². The van der Waals surface area contributed by atoms with Crippen molar-refractivity contribution in [1.82, 2.24) is 9.55 Å². The Balaban J connectivity index is 1.63. The predicted molar refractivity (Wildman–Crippen MR) is 114 cm³/mol. The molecule has 0 aliphatic carbocycles. The number of halogens is 3. The van der Waals surface area contributed by atoms with E-state index in [2.05, 4.69) is 21.7 Å². The Hall–Kier alpha value is -1.13. The number of hydrogen-bond acceptors (Lipinski definition) is 2. The average Bonchev–Trinajstić information content (AvgIpc) is 3.13. The van der Waals surface area contributed by atoms with Gasteiger partial charge in [-0.05, 0) is 48.2 Å². The fourth-order valence-corrected chi connectivity index (χ4v) is 4.59. The maximum atomic E-state index is 6.32. The van der Waals surface area contributed by atoms with E-state index in [0.29, 0.717) is 10.3 Å². The molecule has 3 rings (SSSR count). The van der Waals surface area contributed by atoms with Gasteiger partial charge in [0.05, 0.1) is 6.33 Å². The number of imidazole rings is 1. The number of thioether (sulfide) groups is 1. The van der Waals surface area contributed by atoms with E-state index in [4.69, 9.17) is 34.8 Å². The summed E-state index contributed by atoms with van der Waals surface area (Å²) in [5.74, 6) is 0.857. The average molecular weight is 426 g/mol. The number of hydrogen-bond donors (Lipinski definition) is 0. The van der Waals surface area contributed by atoms with Crippen LogP contribution in [0.25, 0.3) is 0 Å². The molecule has 1 aromatic heterocycles. The summed E-state index contributed by atoms with van der Waals surface area (Å²) in [6.45, 7) is 0.920. The lowest BCUT2D eigenvalue weighted by Crippen LogP contribution is -2.13. The maximum absolute atomic E-state index is 6.32. The summed E-state index contributed by atoms with van der Waals surface area (Å²) in [5.41, 5.74) is 2.42. The van der Waals surface area contributed by atoms with Crippen LogP contribution < -0.4 is 0 Å². The van der Waals surface area contributed by atoms with Crippen LogP contribution in [-0.2, 0) is 18.7 Å². The van der Waals surface area contributed by atoms with E-state index in [1.54, 1.807) is 6.07 Å². The van der Waals surface area contributed by atoms with Gasteiger partial charge in [-0.3, -0.25) is 0 Å². The van der Waals surface area contributed by atoms with E-state index >= 15 is 0 Å². The highest BCUT2D eigenvalue weighted by Crippen LogP contribution is 2.29. The molecular weight excluding hydrogens is 407 g/mol. The van der Waals surface area contributed by atoms with Crippen molar-refractivity contribution in [1.29, 1.82) is 0 Å². The summed E-state index contributed by atoms with van der Waals surface area (Å²) in [6.07, 6.45) is 7.76. The van der Waals surface area contributed by atoms with E-state index in [0.717, 1.165) is 40.7 Å². The third kappa shape index (κ3) is 5.95. The van der Waals surface area contributed by atoms with Crippen LogP contribution in [0.1, 0.15) is 17.5 Å². The van der Waals surface area contributed by atoms with E-state index in [1.165, 1.54) is 5.56 Å². The van der Waals surface area contributed by atoms with Gasteiger partial charge >= 0.3 is 0 Å². The molecule has 1 unspecified atom stereocenters. The van der Waals surface area contributed by atoms with Gasteiger partial charge in [-0.2, -0.15) is 11.8 Å². The highest BCUT2D eigenvalue weighted by Gasteiger charge is 2.12. The molecule has 136 valence electrons. The lowest BCUT2D eigenvalue weighted by Gasteiger charge is -2.18. The monoisotopic (exact) mass is 424 g/mol. The van der Waals surface area contributed by atoms with Gasteiger partial charge in [0, 0.05) is 45.0 Å². The summed E-state index contributed by atoms with van der Waals surface area (Å²) in [7, 11) is 0. The molecule has 2 nitrogen and oxygen atoms in total. The summed E-state index contributed by atoms with van der Waals surface area (Å²) in [6, 6.07) is 13.8. The zero-order valence-corrected chi connectivity index (χ0v) is 17.2. The molecule has 0 radical (unpaired) electrons. The second-order valence-corrected chi connectivity index (χ2v) is 8.66. The molecule has 0 aliphatic rings. The molecule has 0 spiro atoms. The van der Waals surface area contributed by atoms with Crippen LogP contribution in [-0.4, -0.2) is 14.8 Å². The van der Waals surface area contributed by atoms with Gasteiger partial charge in [-0.1, -0.05) is 53.0 Å². The van der Waals surface area contributed by atoms with Crippen LogP contribution in [0.4, 0.5) is 0 Å². The first kappa shape index (κ1) is 19.6. The summed E-state index contributed by atoms with van der Waals surface area (Å²) in [5, 5.41) is 2.62. The number of aromatic nitrogens is 2. The standard InChI is InChI=1S/C20H19Cl3N2S/c21-17-5-1-15(2-6-17)3-8-19(12-25-10-9-24-14-25)26-13-16-4-7-18(22)11-20(16)23/h1-2,4-7,9-11,14,19H,3,8,12-13H2. The quantitative estimate of drug-likeness (QED) is 0.396. The lowest BCUT2D eigenvalue weighted by molar-refractivity contribution is 0.624. The number of benzene rings is 2. The normalized spacial score (nSPS) is 12.3. The van der Waals surface area contributed by atoms with Gasteiger partial charge in [-0.15, -0.1) is 0 Å². The van der Waals surface area contributed by atoms with E-state index in [9.17, 15) is 0 Å².